The average Bonchev–Trinajstić information content (AvgIpc) is 2.29. The molecule has 0 heterocycles. The molecule has 0 spiro atoms. The number of carbonyl (C=O) groups is 1. The largest absolute Gasteiger partial charge is 0.289 e. The van der Waals surface area contributed by atoms with Gasteiger partial charge in [-0.1, -0.05) is 48.0 Å². The monoisotopic (exact) mass is 208 g/mol. The van der Waals surface area contributed by atoms with Gasteiger partial charge in [-0.3, -0.25) is 4.79 Å². The van der Waals surface area contributed by atoms with E-state index in [0.717, 1.165) is 5.56 Å². The summed E-state index contributed by atoms with van der Waals surface area (Å²) in [6.45, 7) is 7.55. The van der Waals surface area contributed by atoms with Gasteiger partial charge >= 0.3 is 0 Å². The fourth-order valence-corrected chi connectivity index (χ4v) is 1.59. The molecule has 1 nitrogen and oxygen atoms in total. The number of hydrogen-bond acceptors (Lipinski definition) is 1. The first-order valence-corrected chi connectivity index (χ1v) is 5.14. The molecule has 0 N–H and O–H groups in total. The van der Waals surface area contributed by atoms with Crippen LogP contribution in [-0.2, 0) is 0 Å². The Bertz CT molecular complexity index is 509. The van der Waals surface area contributed by atoms with Crippen molar-refractivity contribution in [3.8, 4) is 0 Å². The van der Waals surface area contributed by atoms with Gasteiger partial charge in [0.2, 0.25) is 0 Å². The smallest absolute Gasteiger partial charge is 0.193 e. The summed E-state index contributed by atoms with van der Waals surface area (Å²) in [5.41, 5.74) is 3.13. The van der Waals surface area contributed by atoms with Crippen molar-refractivity contribution in [3.05, 3.63) is 77.7 Å². The zero-order chi connectivity index (χ0) is 11.5. The van der Waals surface area contributed by atoms with Crippen LogP contribution in [0, 0.1) is 13.8 Å². The van der Waals surface area contributed by atoms with Crippen molar-refractivity contribution in [1.82, 2.24) is 0 Å². The van der Waals surface area contributed by atoms with E-state index in [2.05, 4.69) is 0 Å². The first-order valence-electron chi connectivity index (χ1n) is 5.14. The van der Waals surface area contributed by atoms with Crippen LogP contribution in [0.3, 0.4) is 0 Å². The normalized spacial score (nSPS) is 10.1. The number of aryl methyl sites for hydroxylation is 1. The van der Waals surface area contributed by atoms with Crippen molar-refractivity contribution in [2.75, 3.05) is 0 Å². The van der Waals surface area contributed by atoms with Gasteiger partial charge in [0.15, 0.2) is 5.78 Å². The minimum atomic E-state index is 0.0312. The van der Waals surface area contributed by atoms with Crippen LogP contribution >= 0.6 is 0 Å². The van der Waals surface area contributed by atoms with E-state index in [-0.39, 0.29) is 5.78 Å². The van der Waals surface area contributed by atoms with Gasteiger partial charge in [-0.25, -0.2) is 0 Å². The predicted molar refractivity (Wildman–Crippen MR) is 64.5 cm³/mol. The zero-order valence-electron chi connectivity index (χ0n) is 9.10. The second-order valence-corrected chi connectivity index (χ2v) is 3.82. The van der Waals surface area contributed by atoms with E-state index < -0.39 is 0 Å². The number of benzene rings is 2. The third kappa shape index (κ3) is 2.19. The van der Waals surface area contributed by atoms with Crippen molar-refractivity contribution < 1.29 is 4.79 Å². The van der Waals surface area contributed by atoms with Crippen molar-refractivity contribution in [1.29, 1.82) is 0 Å². The minimum absolute atomic E-state index is 0.0312. The standard InChI is InChI=1S/C15H12O/c1-11-6-8-13(9-7-11)15(16)14-5-3-4-12(2)10-14/h1,3-10H,2H3. The van der Waals surface area contributed by atoms with Gasteiger partial charge in [0, 0.05) is 11.1 Å². The molecule has 0 aliphatic rings. The third-order valence-corrected chi connectivity index (χ3v) is 2.45. The third-order valence-electron chi connectivity index (χ3n) is 2.45. The number of rotatable bonds is 2. The van der Waals surface area contributed by atoms with Crippen molar-refractivity contribution in [3.63, 3.8) is 0 Å². The van der Waals surface area contributed by atoms with Crippen molar-refractivity contribution in [2.24, 2.45) is 0 Å². The summed E-state index contributed by atoms with van der Waals surface area (Å²) >= 11 is 0. The molecule has 2 rings (SSSR count). The van der Waals surface area contributed by atoms with E-state index in [9.17, 15) is 4.79 Å². The van der Waals surface area contributed by atoms with E-state index >= 15 is 0 Å². The van der Waals surface area contributed by atoms with Gasteiger partial charge in [0.1, 0.15) is 0 Å². The molecule has 16 heavy (non-hydrogen) atoms. The Kier molecular flexibility index (Phi) is 2.86. The molecule has 2 radical (unpaired) electrons. The zero-order valence-corrected chi connectivity index (χ0v) is 9.10. The van der Waals surface area contributed by atoms with Crippen LogP contribution in [0.5, 0.6) is 0 Å². The highest BCUT2D eigenvalue weighted by Crippen LogP contribution is 2.12. The summed E-state index contributed by atoms with van der Waals surface area (Å²) in [6.07, 6.45) is 0. The maximum Gasteiger partial charge on any atom is 0.193 e. The lowest BCUT2D eigenvalue weighted by atomic mass is 10.0. The Balaban J connectivity index is 2.35. The highest BCUT2D eigenvalue weighted by molar-refractivity contribution is 6.09. The highest BCUT2D eigenvalue weighted by atomic mass is 16.1. The molecule has 0 atom stereocenters. The highest BCUT2D eigenvalue weighted by Gasteiger charge is 2.07. The topological polar surface area (TPSA) is 17.1 Å². The fourth-order valence-electron chi connectivity index (χ4n) is 1.59. The number of carbonyl (C=O) groups excluding carboxylic acids is 1. The number of ketones is 1. The second-order valence-electron chi connectivity index (χ2n) is 3.82. The van der Waals surface area contributed by atoms with Crippen LogP contribution < -0.4 is 0 Å². The Morgan fingerprint density at radius 1 is 1.00 bits per heavy atom. The second kappa shape index (κ2) is 4.31. The van der Waals surface area contributed by atoms with Gasteiger partial charge < -0.3 is 0 Å². The lowest BCUT2D eigenvalue weighted by Crippen LogP contribution is -2.01. The molecule has 1 heteroatoms. The first kappa shape index (κ1) is 10.6. The van der Waals surface area contributed by atoms with Crippen LogP contribution in [0.1, 0.15) is 27.0 Å². The van der Waals surface area contributed by atoms with Crippen LogP contribution in [-0.4, -0.2) is 5.78 Å². The summed E-state index contributed by atoms with van der Waals surface area (Å²) in [6, 6.07) is 14.6. The quantitative estimate of drug-likeness (QED) is 0.692. The predicted octanol–water partition coefficient (Wildman–Crippen LogP) is 3.29. The van der Waals surface area contributed by atoms with E-state index in [1.54, 1.807) is 24.3 Å². The van der Waals surface area contributed by atoms with Crippen molar-refractivity contribution >= 4 is 5.78 Å². The van der Waals surface area contributed by atoms with Gasteiger partial charge in [-0.15, -0.1) is 0 Å². The first-order chi connectivity index (χ1) is 7.66. The van der Waals surface area contributed by atoms with E-state index in [1.165, 1.54) is 0 Å². The summed E-state index contributed by atoms with van der Waals surface area (Å²) in [4.78, 5) is 12.1. The molecule has 0 unspecified atom stereocenters. The molecule has 0 aliphatic carbocycles. The van der Waals surface area contributed by atoms with Crippen LogP contribution in [0.4, 0.5) is 0 Å². The Hall–Kier alpha value is -1.89. The molecule has 0 aliphatic heterocycles. The molecule has 2 aromatic rings. The molecule has 2 aromatic carbocycles. The van der Waals surface area contributed by atoms with Crippen molar-refractivity contribution in [2.45, 2.75) is 6.92 Å². The van der Waals surface area contributed by atoms with E-state index in [0.29, 0.717) is 16.7 Å². The van der Waals surface area contributed by atoms with Gasteiger partial charge in [-0.05, 0) is 25.5 Å². The van der Waals surface area contributed by atoms with Gasteiger partial charge in [-0.2, -0.15) is 0 Å². The summed E-state index contributed by atoms with van der Waals surface area (Å²) in [7, 11) is 0. The summed E-state index contributed by atoms with van der Waals surface area (Å²) in [5.74, 6) is 0.0312. The molecule has 0 fully saturated rings. The van der Waals surface area contributed by atoms with Crippen LogP contribution in [0.15, 0.2) is 48.5 Å². The average molecular weight is 208 g/mol. The minimum Gasteiger partial charge on any atom is -0.289 e. The lowest BCUT2D eigenvalue weighted by Gasteiger charge is -2.02. The number of hydrogen-bond donors (Lipinski definition) is 0. The molecule has 0 saturated carbocycles. The van der Waals surface area contributed by atoms with E-state index in [1.807, 2.05) is 31.2 Å². The Morgan fingerprint density at radius 2 is 1.69 bits per heavy atom. The fraction of sp³-hybridized carbons (Fsp3) is 0.0667. The molecule has 78 valence electrons. The molecule has 0 bridgehead atoms. The molecule has 0 amide bonds. The maximum absolute atomic E-state index is 12.1. The van der Waals surface area contributed by atoms with Gasteiger partial charge in [0.25, 0.3) is 0 Å². The van der Waals surface area contributed by atoms with Crippen LogP contribution in [0.25, 0.3) is 0 Å². The summed E-state index contributed by atoms with van der Waals surface area (Å²) in [5, 5.41) is 0. The van der Waals surface area contributed by atoms with E-state index in [4.69, 9.17) is 6.92 Å². The lowest BCUT2D eigenvalue weighted by molar-refractivity contribution is 0.103. The molecule has 0 saturated heterocycles. The maximum atomic E-state index is 12.1. The SMILES string of the molecule is [CH]c1ccc(C(=O)c2cccc(C)c2)cc1. The molecular weight excluding hydrogens is 196 g/mol. The summed E-state index contributed by atoms with van der Waals surface area (Å²) < 4.78 is 0. The Labute approximate surface area is 95.7 Å². The van der Waals surface area contributed by atoms with Gasteiger partial charge in [0.05, 0.1) is 0 Å². The molecule has 0 aromatic heterocycles. The van der Waals surface area contributed by atoms with Crippen LogP contribution in [0.2, 0.25) is 0 Å². The molecular formula is C15H12O. The Morgan fingerprint density at radius 3 is 2.31 bits per heavy atom.